The zero-order valence-electron chi connectivity index (χ0n) is 10.6. The molecule has 1 aromatic heterocycles. The van der Waals surface area contributed by atoms with E-state index in [4.69, 9.17) is 5.73 Å². The summed E-state index contributed by atoms with van der Waals surface area (Å²) in [4.78, 5) is 8.03. The van der Waals surface area contributed by atoms with Crippen molar-refractivity contribution in [3.05, 3.63) is 53.6 Å². The Morgan fingerprint density at radius 2 is 1.90 bits per heavy atom. The molecule has 0 aliphatic rings. The Kier molecular flexibility index (Phi) is 3.89. The van der Waals surface area contributed by atoms with Crippen molar-refractivity contribution >= 4 is 0 Å². The van der Waals surface area contributed by atoms with Crippen molar-refractivity contribution in [2.75, 3.05) is 0 Å². The highest BCUT2D eigenvalue weighted by molar-refractivity contribution is 5.39. The van der Waals surface area contributed by atoms with Crippen LogP contribution in [0.15, 0.2) is 36.5 Å². The first kappa shape index (κ1) is 14.3. The van der Waals surface area contributed by atoms with Crippen LogP contribution in [0.2, 0.25) is 0 Å². The SMILES string of the molecule is Cc1nccc(C(N)c2ccccc2OC(F)(F)F)n1. The fourth-order valence-electron chi connectivity index (χ4n) is 1.76. The Labute approximate surface area is 113 Å². The Hall–Kier alpha value is -2.15. The molecule has 0 aliphatic heterocycles. The topological polar surface area (TPSA) is 61.0 Å². The van der Waals surface area contributed by atoms with E-state index in [1.54, 1.807) is 19.1 Å². The average Bonchev–Trinajstić information content (AvgIpc) is 2.37. The second kappa shape index (κ2) is 5.46. The summed E-state index contributed by atoms with van der Waals surface area (Å²) in [5.74, 6) is 0.163. The Morgan fingerprint density at radius 1 is 1.20 bits per heavy atom. The molecule has 2 N–H and O–H groups in total. The van der Waals surface area contributed by atoms with Gasteiger partial charge >= 0.3 is 6.36 Å². The molecule has 0 bridgehead atoms. The smallest absolute Gasteiger partial charge is 0.405 e. The van der Waals surface area contributed by atoms with Gasteiger partial charge < -0.3 is 10.5 Å². The van der Waals surface area contributed by atoms with Gasteiger partial charge in [0.25, 0.3) is 0 Å². The van der Waals surface area contributed by atoms with E-state index >= 15 is 0 Å². The zero-order chi connectivity index (χ0) is 14.8. The molecule has 2 rings (SSSR count). The fourth-order valence-corrected chi connectivity index (χ4v) is 1.76. The normalized spacial score (nSPS) is 13.1. The van der Waals surface area contributed by atoms with Gasteiger partial charge in [0.2, 0.25) is 0 Å². The summed E-state index contributed by atoms with van der Waals surface area (Å²) in [6.07, 6.45) is -3.26. The van der Waals surface area contributed by atoms with Crippen LogP contribution in [0.4, 0.5) is 13.2 Å². The molecule has 1 atom stereocenters. The van der Waals surface area contributed by atoms with Crippen LogP contribution < -0.4 is 10.5 Å². The lowest BCUT2D eigenvalue weighted by molar-refractivity contribution is -0.274. The van der Waals surface area contributed by atoms with Crippen LogP contribution in [0.25, 0.3) is 0 Å². The number of ether oxygens (including phenoxy) is 1. The number of aryl methyl sites for hydroxylation is 1. The summed E-state index contributed by atoms with van der Waals surface area (Å²) >= 11 is 0. The number of nitrogens with two attached hydrogens (primary N) is 1. The molecule has 1 aromatic carbocycles. The zero-order valence-corrected chi connectivity index (χ0v) is 10.6. The molecule has 106 valence electrons. The number of rotatable bonds is 3. The first-order chi connectivity index (χ1) is 9.37. The van der Waals surface area contributed by atoms with Crippen LogP contribution in [0.3, 0.4) is 0 Å². The van der Waals surface area contributed by atoms with Gasteiger partial charge in [0.1, 0.15) is 11.6 Å². The standard InChI is InChI=1S/C13H12F3N3O/c1-8-18-7-6-10(19-8)12(17)9-4-2-3-5-11(9)20-13(14,15)16/h2-7,12H,17H2,1H3. The molecule has 0 amide bonds. The van der Waals surface area contributed by atoms with Crippen molar-refractivity contribution in [3.63, 3.8) is 0 Å². The molecule has 0 saturated heterocycles. The Balaban J connectivity index is 2.37. The van der Waals surface area contributed by atoms with Crippen molar-refractivity contribution in [2.45, 2.75) is 19.3 Å². The third kappa shape index (κ3) is 3.45. The number of hydrogen-bond donors (Lipinski definition) is 1. The first-order valence-electron chi connectivity index (χ1n) is 5.76. The maximum atomic E-state index is 12.4. The maximum Gasteiger partial charge on any atom is 0.573 e. The molecule has 4 nitrogen and oxygen atoms in total. The summed E-state index contributed by atoms with van der Waals surface area (Å²) in [5.41, 5.74) is 6.60. The van der Waals surface area contributed by atoms with Gasteiger partial charge in [0.05, 0.1) is 11.7 Å². The van der Waals surface area contributed by atoms with Gasteiger partial charge in [-0.15, -0.1) is 13.2 Å². The maximum absolute atomic E-state index is 12.4. The highest BCUT2D eigenvalue weighted by atomic mass is 19.4. The number of alkyl halides is 3. The Morgan fingerprint density at radius 3 is 2.55 bits per heavy atom. The molecule has 7 heteroatoms. The van der Waals surface area contributed by atoms with Crippen molar-refractivity contribution in [2.24, 2.45) is 5.73 Å². The van der Waals surface area contributed by atoms with Crippen LogP contribution in [0, 0.1) is 6.92 Å². The second-order valence-corrected chi connectivity index (χ2v) is 4.09. The lowest BCUT2D eigenvalue weighted by Crippen LogP contribution is -2.21. The minimum atomic E-state index is -4.77. The van der Waals surface area contributed by atoms with Gasteiger partial charge in [-0.2, -0.15) is 0 Å². The molecule has 2 aromatic rings. The number of aromatic nitrogens is 2. The molecule has 0 saturated carbocycles. The van der Waals surface area contributed by atoms with Gasteiger partial charge in [-0.1, -0.05) is 18.2 Å². The van der Waals surface area contributed by atoms with E-state index in [1.165, 1.54) is 24.4 Å². The molecule has 0 radical (unpaired) electrons. The number of halogens is 3. The monoisotopic (exact) mass is 283 g/mol. The van der Waals surface area contributed by atoms with E-state index < -0.39 is 12.4 Å². The third-order valence-corrected chi connectivity index (χ3v) is 2.60. The number of nitrogens with zero attached hydrogens (tertiary/aromatic N) is 2. The summed E-state index contributed by atoms with van der Waals surface area (Å²) < 4.78 is 41.1. The minimum absolute atomic E-state index is 0.211. The number of benzene rings is 1. The highest BCUT2D eigenvalue weighted by Gasteiger charge is 2.32. The summed E-state index contributed by atoms with van der Waals surface area (Å²) in [6.45, 7) is 1.67. The second-order valence-electron chi connectivity index (χ2n) is 4.09. The highest BCUT2D eigenvalue weighted by Crippen LogP contribution is 2.31. The molecule has 0 aliphatic carbocycles. The van der Waals surface area contributed by atoms with Crippen molar-refractivity contribution in [1.29, 1.82) is 0 Å². The minimum Gasteiger partial charge on any atom is -0.405 e. The number of para-hydroxylation sites is 1. The van der Waals surface area contributed by atoms with E-state index in [-0.39, 0.29) is 11.3 Å². The van der Waals surface area contributed by atoms with Crippen molar-refractivity contribution in [1.82, 2.24) is 9.97 Å². The van der Waals surface area contributed by atoms with Gasteiger partial charge in [-0.25, -0.2) is 9.97 Å². The quantitative estimate of drug-likeness (QED) is 0.940. The van der Waals surface area contributed by atoms with Crippen LogP contribution >= 0.6 is 0 Å². The van der Waals surface area contributed by atoms with Gasteiger partial charge in [0.15, 0.2) is 0 Å². The molecule has 0 spiro atoms. The lowest BCUT2D eigenvalue weighted by atomic mass is 10.0. The summed E-state index contributed by atoms with van der Waals surface area (Å²) in [5, 5.41) is 0. The molecule has 1 unspecified atom stereocenters. The molecular weight excluding hydrogens is 271 g/mol. The first-order valence-corrected chi connectivity index (χ1v) is 5.76. The van der Waals surface area contributed by atoms with Gasteiger partial charge in [0, 0.05) is 11.8 Å². The molecule has 1 heterocycles. The van der Waals surface area contributed by atoms with Crippen LogP contribution in [-0.4, -0.2) is 16.3 Å². The van der Waals surface area contributed by atoms with E-state index in [1.807, 2.05) is 0 Å². The molecular formula is C13H12F3N3O. The predicted octanol–water partition coefficient (Wildman–Crippen LogP) is 2.73. The van der Waals surface area contributed by atoms with Crippen molar-refractivity contribution < 1.29 is 17.9 Å². The van der Waals surface area contributed by atoms with Crippen LogP contribution in [-0.2, 0) is 0 Å². The fraction of sp³-hybridized carbons (Fsp3) is 0.231. The average molecular weight is 283 g/mol. The van der Waals surface area contributed by atoms with E-state index in [2.05, 4.69) is 14.7 Å². The molecule has 20 heavy (non-hydrogen) atoms. The Bertz CT molecular complexity index is 601. The lowest BCUT2D eigenvalue weighted by Gasteiger charge is -2.17. The number of hydrogen-bond acceptors (Lipinski definition) is 4. The van der Waals surface area contributed by atoms with E-state index in [0.717, 1.165) is 0 Å². The van der Waals surface area contributed by atoms with Crippen LogP contribution in [0.1, 0.15) is 23.1 Å². The van der Waals surface area contributed by atoms with Gasteiger partial charge in [-0.3, -0.25) is 0 Å². The summed E-state index contributed by atoms with van der Waals surface area (Å²) in [6, 6.07) is 6.46. The van der Waals surface area contributed by atoms with E-state index in [0.29, 0.717) is 11.5 Å². The van der Waals surface area contributed by atoms with Crippen molar-refractivity contribution in [3.8, 4) is 5.75 Å². The van der Waals surface area contributed by atoms with Crippen LogP contribution in [0.5, 0.6) is 5.75 Å². The third-order valence-electron chi connectivity index (χ3n) is 2.60. The summed E-state index contributed by atoms with van der Waals surface area (Å²) in [7, 11) is 0. The van der Waals surface area contributed by atoms with Gasteiger partial charge in [-0.05, 0) is 19.1 Å². The molecule has 0 fully saturated rings. The largest absolute Gasteiger partial charge is 0.573 e. The predicted molar refractivity (Wildman–Crippen MR) is 65.9 cm³/mol. The van der Waals surface area contributed by atoms with E-state index in [9.17, 15) is 13.2 Å².